The highest BCUT2D eigenvalue weighted by molar-refractivity contribution is 5.88. The predicted octanol–water partition coefficient (Wildman–Crippen LogP) is 2.59. The van der Waals surface area contributed by atoms with Crippen molar-refractivity contribution in [1.82, 2.24) is 39.0 Å². The lowest BCUT2D eigenvalue weighted by Crippen LogP contribution is -2.18. The third-order valence-electron chi connectivity index (χ3n) is 9.79. The summed E-state index contributed by atoms with van der Waals surface area (Å²) in [6.07, 6.45) is 3.02. The van der Waals surface area contributed by atoms with Gasteiger partial charge in [-0.25, -0.2) is 9.59 Å². The van der Waals surface area contributed by atoms with Crippen molar-refractivity contribution in [3.8, 4) is 12.0 Å². The molecule has 0 bridgehead atoms. The quantitative estimate of drug-likeness (QED) is 0.0364. The highest BCUT2D eigenvalue weighted by Gasteiger charge is 2.18. The molecular formula is C44H56FN11O12. The van der Waals surface area contributed by atoms with Crippen LogP contribution in [0.1, 0.15) is 68.6 Å². The molecule has 24 heteroatoms. The average Bonchev–Trinajstić information content (AvgIpc) is 3.81. The molecule has 5 heterocycles. The zero-order chi connectivity index (χ0) is 50.3. The maximum Gasteiger partial charge on any atom is 0.328 e. The number of halogens is 1. The van der Waals surface area contributed by atoms with E-state index in [2.05, 4.69) is 34.6 Å². The molecule has 1 aliphatic heterocycles. The lowest BCUT2D eigenvalue weighted by Gasteiger charge is -2.08. The predicted molar refractivity (Wildman–Crippen MR) is 246 cm³/mol. The van der Waals surface area contributed by atoms with Crippen LogP contribution in [0.25, 0.3) is 22.3 Å². The van der Waals surface area contributed by atoms with E-state index in [0.717, 1.165) is 22.3 Å². The first-order valence-corrected chi connectivity index (χ1v) is 21.1. The van der Waals surface area contributed by atoms with Crippen molar-refractivity contribution < 1.29 is 53.7 Å². The minimum Gasteiger partial charge on any atom is -0.481 e. The summed E-state index contributed by atoms with van der Waals surface area (Å²) in [6, 6.07) is 15.5. The first-order valence-electron chi connectivity index (χ1n) is 21.8. The minimum absolute atomic E-state index is 0.00495. The number of hydrogen-bond acceptors (Lipinski definition) is 18. The van der Waals surface area contributed by atoms with Gasteiger partial charge in [0.2, 0.25) is 0 Å². The molecule has 1 fully saturated rings. The third kappa shape index (κ3) is 16.1. The van der Waals surface area contributed by atoms with Crippen molar-refractivity contribution in [2.75, 3.05) is 59.3 Å². The second-order valence-corrected chi connectivity index (χ2v) is 14.7. The Morgan fingerprint density at radius 2 is 1.16 bits per heavy atom. The molecule has 1 aliphatic rings. The number of anilines is 2. The fraction of sp³-hybridized carbons (Fsp3) is 0.409. The largest absolute Gasteiger partial charge is 0.481 e. The highest BCUT2D eigenvalue weighted by atomic mass is 19.1. The van der Waals surface area contributed by atoms with Gasteiger partial charge in [0, 0.05) is 52.9 Å². The number of imidazole rings is 2. The number of alkyl halides is 1. The minimum atomic E-state index is -1.00. The number of ether oxygens (including phenoxy) is 5. The molecule has 0 radical (unpaired) electrons. The van der Waals surface area contributed by atoms with Crippen molar-refractivity contribution in [1.29, 1.82) is 0 Å². The van der Waals surface area contributed by atoms with Crippen LogP contribution >= 0.6 is 0 Å². The van der Waals surface area contributed by atoms with E-state index in [4.69, 9.17) is 42.6 Å². The number of methoxy groups -OCH3 is 2. The zero-order valence-electron chi connectivity index (χ0n) is 38.7. The van der Waals surface area contributed by atoms with Gasteiger partial charge in [-0.2, -0.15) is 19.9 Å². The van der Waals surface area contributed by atoms with Crippen LogP contribution in [0.4, 0.5) is 16.0 Å². The number of aryl methyl sites for hydroxylation is 1. The van der Waals surface area contributed by atoms with Crippen LogP contribution in [0.5, 0.6) is 12.0 Å². The molecule has 0 aliphatic carbocycles. The average molecular weight is 951 g/mol. The monoisotopic (exact) mass is 950 g/mol. The number of carboxylic acid groups (broad SMARTS) is 1. The Kier molecular flexibility index (Phi) is 20.5. The standard InChI is InChI=1S/C22H27N5O6.C16H20N6O3.C5H6O3.CH3F/c1-32-11-12-33-21-25-19(23)18-20(26-21)27(22(31)24-18)13-15-7-5-14(6-8-15)9-10-16(28)3-2-4-17(29)30;1-24-6-7-25-15-20-13(18)12-14(21-15)22(16(23)19-12)9-11-4-2-10(8-17)3-5-11;6-4-2-1-3-5(7)8-4;1-2/h5-8H,2-4,9-13H2,1H3,(H,24,31)(H,29,30)(H2,23,25,26);2-5H,6-9,17H2,1H3,(H,19,23)(H2,18,20,21);1-3H2;1H3/i;;;1D. The molecule has 68 heavy (non-hydrogen) atoms. The number of esters is 2. The molecule has 0 unspecified atom stereocenters. The molecule has 366 valence electrons. The summed E-state index contributed by atoms with van der Waals surface area (Å²) < 4.78 is 43.4. The number of aromatic nitrogens is 8. The van der Waals surface area contributed by atoms with Gasteiger partial charge in [0.25, 0.3) is 0 Å². The number of carboxylic acids is 1. The number of hydrogen-bond donors (Lipinski definition) is 6. The first kappa shape index (κ1) is 51.4. The number of benzene rings is 2. The number of fused-ring (bicyclic) bond motifs is 2. The number of nitrogen functional groups attached to an aromatic ring is 2. The van der Waals surface area contributed by atoms with Crippen LogP contribution < -0.4 is 38.1 Å². The van der Waals surface area contributed by atoms with Gasteiger partial charge in [-0.15, -0.1) is 0 Å². The first-order chi connectivity index (χ1) is 33.2. The van der Waals surface area contributed by atoms with Crippen LogP contribution in [0.15, 0.2) is 58.1 Å². The summed E-state index contributed by atoms with van der Waals surface area (Å²) >= 11 is 0. The second kappa shape index (κ2) is 27.2. The number of aromatic amines is 2. The molecule has 0 saturated carbocycles. The molecule has 7 rings (SSSR count). The van der Waals surface area contributed by atoms with Crippen LogP contribution in [0.3, 0.4) is 0 Å². The number of ketones is 1. The lowest BCUT2D eigenvalue weighted by molar-refractivity contribution is -0.163. The summed E-state index contributed by atoms with van der Waals surface area (Å²) in [5.41, 5.74) is 22.1. The van der Waals surface area contributed by atoms with Gasteiger partial charge < -0.3 is 56.0 Å². The zero-order valence-corrected chi connectivity index (χ0v) is 37.7. The van der Waals surface area contributed by atoms with Gasteiger partial charge >= 0.3 is 41.3 Å². The highest BCUT2D eigenvalue weighted by Crippen LogP contribution is 2.20. The fourth-order valence-corrected chi connectivity index (χ4v) is 6.33. The number of H-pyrrole nitrogens is 2. The molecular weight excluding hydrogens is 894 g/mol. The maximum absolute atomic E-state index is 12.5. The van der Waals surface area contributed by atoms with E-state index >= 15 is 0 Å². The van der Waals surface area contributed by atoms with Crippen molar-refractivity contribution >= 4 is 57.7 Å². The van der Waals surface area contributed by atoms with Gasteiger partial charge in [-0.1, -0.05) is 48.5 Å². The van der Waals surface area contributed by atoms with E-state index in [1.54, 1.807) is 14.2 Å². The number of cyclic esters (lactones) is 2. The lowest BCUT2D eigenvalue weighted by atomic mass is 10.0. The Labute approximate surface area is 389 Å². The number of Topliss-reactive ketones (excluding diaryl/α,β-unsaturated/α-hetero) is 1. The Hall–Kier alpha value is -7.57. The molecule has 1 saturated heterocycles. The fourth-order valence-electron chi connectivity index (χ4n) is 6.33. The normalized spacial score (nSPS) is 12.1. The van der Waals surface area contributed by atoms with Crippen molar-refractivity contribution in [2.24, 2.45) is 5.73 Å². The molecule has 0 amide bonds. The molecule has 6 aromatic rings. The summed E-state index contributed by atoms with van der Waals surface area (Å²) in [7, 11) is 2.12. The Balaban J connectivity index is 0.000000252. The second-order valence-electron chi connectivity index (χ2n) is 14.7. The number of nitrogens with zero attached hydrogens (tertiary/aromatic N) is 6. The molecule has 4 aromatic heterocycles. The molecule has 9 N–H and O–H groups in total. The van der Waals surface area contributed by atoms with Gasteiger partial charge in [0.15, 0.2) is 22.9 Å². The maximum atomic E-state index is 12.5. The van der Waals surface area contributed by atoms with Crippen LogP contribution in [-0.2, 0) is 59.4 Å². The van der Waals surface area contributed by atoms with E-state index < -0.39 is 13.1 Å². The Morgan fingerprint density at radius 3 is 1.56 bits per heavy atom. The number of aliphatic carboxylic acids is 1. The van der Waals surface area contributed by atoms with Crippen LogP contribution in [0.2, 0.25) is 0 Å². The third-order valence-corrected chi connectivity index (χ3v) is 9.79. The van der Waals surface area contributed by atoms with Crippen molar-refractivity contribution in [3.63, 3.8) is 0 Å². The topological polar surface area (TPSA) is 340 Å². The number of nitrogens with one attached hydrogen (secondary N) is 2. The SMILES string of the molecule is COCCOc1nc(N)c2[nH]c(=O)n(Cc3ccc(CCC(=O)CCCC(=O)O)cc3)c2n1.COCCOc1nc(N)c2[nH]c(=O)n(Cc3ccc(CN)cc3)c2n1.O=C1CCCC(=O)O1.[2H]CF. The summed E-state index contributed by atoms with van der Waals surface area (Å²) in [5.74, 6) is -1.34. The van der Waals surface area contributed by atoms with Gasteiger partial charge in [-0.05, 0) is 41.5 Å². The number of nitrogens with two attached hydrogens (primary N) is 3. The molecule has 0 spiro atoms. The van der Waals surface area contributed by atoms with E-state index in [0.29, 0.717) is 87.2 Å². The Bertz CT molecular complexity index is 2730. The number of rotatable bonds is 20. The summed E-state index contributed by atoms with van der Waals surface area (Å²) in [4.78, 5) is 89.8. The van der Waals surface area contributed by atoms with Crippen molar-refractivity contribution in [3.05, 3.63) is 91.8 Å². The van der Waals surface area contributed by atoms with Gasteiger partial charge in [-0.3, -0.25) is 32.7 Å². The molecule has 23 nitrogen and oxygen atoms in total. The molecule has 2 aromatic carbocycles. The van der Waals surface area contributed by atoms with Crippen LogP contribution in [-0.4, -0.2) is 116 Å². The van der Waals surface area contributed by atoms with Gasteiger partial charge in [0.05, 0.1) is 34.8 Å². The smallest absolute Gasteiger partial charge is 0.328 e. The van der Waals surface area contributed by atoms with Gasteiger partial charge in [0.1, 0.15) is 30.0 Å². The van der Waals surface area contributed by atoms with E-state index in [9.17, 15) is 33.2 Å². The Morgan fingerprint density at radius 1 is 0.721 bits per heavy atom. The van der Waals surface area contributed by atoms with Crippen molar-refractivity contribution in [2.45, 2.75) is 71.0 Å². The van der Waals surface area contributed by atoms with Crippen LogP contribution in [0, 0.1) is 0 Å². The van der Waals surface area contributed by atoms with E-state index in [-0.39, 0.29) is 85.4 Å². The number of carbonyl (C=O) groups is 4. The molecule has 0 atom stereocenters. The van der Waals surface area contributed by atoms with E-state index in [1.807, 2.05) is 48.5 Å². The summed E-state index contributed by atoms with van der Waals surface area (Å²) in [6.45, 7) is 2.38. The van der Waals surface area contributed by atoms with E-state index in [1.165, 1.54) is 9.13 Å². The number of carbonyl (C=O) groups excluding carboxylic acids is 3. The summed E-state index contributed by atoms with van der Waals surface area (Å²) in [5, 5.41) is 8.64.